The fourth-order valence-corrected chi connectivity index (χ4v) is 3.93. The summed E-state index contributed by atoms with van der Waals surface area (Å²) in [6.45, 7) is 3.33. The van der Waals surface area contributed by atoms with Gasteiger partial charge in [0.05, 0.1) is 12.8 Å². The zero-order valence-electron chi connectivity index (χ0n) is 15.7. The molecule has 0 spiro atoms. The summed E-state index contributed by atoms with van der Waals surface area (Å²) in [7, 11) is 1.91. The lowest BCUT2D eigenvalue weighted by molar-refractivity contribution is -0.136. The zero-order valence-corrected chi connectivity index (χ0v) is 15.7. The summed E-state index contributed by atoms with van der Waals surface area (Å²) < 4.78 is 5.43. The Morgan fingerprint density at radius 1 is 1.22 bits per heavy atom. The second-order valence-corrected chi connectivity index (χ2v) is 7.34. The Morgan fingerprint density at radius 3 is 2.85 bits per heavy atom. The summed E-state index contributed by atoms with van der Waals surface area (Å²) >= 11 is 0. The molecule has 0 saturated carbocycles. The second-order valence-electron chi connectivity index (χ2n) is 7.34. The van der Waals surface area contributed by atoms with Crippen LogP contribution >= 0.6 is 0 Å². The molecule has 0 unspecified atom stereocenters. The van der Waals surface area contributed by atoms with Gasteiger partial charge in [0.25, 0.3) is 0 Å². The summed E-state index contributed by atoms with van der Waals surface area (Å²) in [5, 5.41) is 2.28. The van der Waals surface area contributed by atoms with Crippen LogP contribution in [-0.2, 0) is 17.9 Å². The van der Waals surface area contributed by atoms with E-state index >= 15 is 0 Å². The van der Waals surface area contributed by atoms with Crippen LogP contribution in [-0.4, -0.2) is 40.8 Å². The lowest BCUT2D eigenvalue weighted by atomic mass is 9.95. The summed E-state index contributed by atoms with van der Waals surface area (Å²) in [6, 6.07) is 12.1. The van der Waals surface area contributed by atoms with E-state index in [-0.39, 0.29) is 11.8 Å². The van der Waals surface area contributed by atoms with Gasteiger partial charge in [-0.25, -0.2) is 0 Å². The number of aromatic nitrogens is 1. The summed E-state index contributed by atoms with van der Waals surface area (Å²) in [4.78, 5) is 21.4. The first-order valence-electron chi connectivity index (χ1n) is 9.52. The Hall–Kier alpha value is -2.66. The number of pyridine rings is 1. The molecule has 1 aliphatic rings. The van der Waals surface area contributed by atoms with E-state index < -0.39 is 0 Å². The summed E-state index contributed by atoms with van der Waals surface area (Å²) in [6.07, 6.45) is 7.20. The Labute approximate surface area is 159 Å². The number of fused-ring (bicyclic) bond motifs is 1. The average Bonchev–Trinajstić information content (AvgIpc) is 3.21. The third kappa shape index (κ3) is 4.03. The van der Waals surface area contributed by atoms with Gasteiger partial charge < -0.3 is 9.32 Å². The SMILES string of the molecule is CN(Cc1cccc2cnccc12)C(=O)C1CCN(Cc2ccco2)CC1. The summed E-state index contributed by atoms with van der Waals surface area (Å²) in [5.41, 5.74) is 1.17. The van der Waals surface area contributed by atoms with Gasteiger partial charge in [-0.15, -0.1) is 0 Å². The molecule has 3 heterocycles. The quantitative estimate of drug-likeness (QED) is 0.694. The number of piperidine rings is 1. The van der Waals surface area contributed by atoms with Crippen molar-refractivity contribution < 1.29 is 9.21 Å². The van der Waals surface area contributed by atoms with Crippen molar-refractivity contribution in [3.63, 3.8) is 0 Å². The van der Waals surface area contributed by atoms with Gasteiger partial charge in [-0.3, -0.25) is 14.7 Å². The van der Waals surface area contributed by atoms with Crippen LogP contribution < -0.4 is 0 Å². The standard InChI is InChI=1S/C22H25N3O2/c1-24(15-19-5-2-4-18-14-23-10-7-21(18)19)22(26)17-8-11-25(12-9-17)16-20-6-3-13-27-20/h2-7,10,13-14,17H,8-9,11-12,15-16H2,1H3. The molecule has 0 radical (unpaired) electrons. The molecule has 140 valence electrons. The average molecular weight is 363 g/mol. The maximum atomic E-state index is 12.9. The first kappa shape index (κ1) is 17.7. The number of carbonyl (C=O) groups excluding carboxylic acids is 1. The van der Waals surface area contributed by atoms with Crippen LogP contribution in [0.15, 0.2) is 59.5 Å². The number of nitrogens with zero attached hydrogens (tertiary/aromatic N) is 3. The monoisotopic (exact) mass is 363 g/mol. The number of carbonyl (C=O) groups is 1. The lowest BCUT2D eigenvalue weighted by Crippen LogP contribution is -2.40. The maximum Gasteiger partial charge on any atom is 0.225 e. The third-order valence-corrected chi connectivity index (χ3v) is 5.45. The minimum Gasteiger partial charge on any atom is -0.468 e. The van der Waals surface area contributed by atoms with Crippen LogP contribution in [0.2, 0.25) is 0 Å². The van der Waals surface area contributed by atoms with Crippen molar-refractivity contribution in [3.8, 4) is 0 Å². The molecule has 1 amide bonds. The molecule has 5 nitrogen and oxygen atoms in total. The molecule has 1 aromatic carbocycles. The minimum absolute atomic E-state index is 0.111. The van der Waals surface area contributed by atoms with Crippen LogP contribution in [0.3, 0.4) is 0 Å². The molecule has 27 heavy (non-hydrogen) atoms. The van der Waals surface area contributed by atoms with E-state index in [4.69, 9.17) is 4.42 Å². The second kappa shape index (κ2) is 7.92. The fourth-order valence-electron chi connectivity index (χ4n) is 3.93. The van der Waals surface area contributed by atoms with Crippen LogP contribution in [0, 0.1) is 5.92 Å². The molecule has 1 fully saturated rings. The zero-order chi connectivity index (χ0) is 18.6. The van der Waals surface area contributed by atoms with Crippen molar-refractivity contribution in [1.29, 1.82) is 0 Å². The van der Waals surface area contributed by atoms with Gasteiger partial charge >= 0.3 is 0 Å². The van der Waals surface area contributed by atoms with Gasteiger partial charge in [-0.2, -0.15) is 0 Å². The number of amides is 1. The highest BCUT2D eigenvalue weighted by Crippen LogP contribution is 2.23. The molecule has 0 N–H and O–H groups in total. The first-order valence-corrected chi connectivity index (χ1v) is 9.52. The molecule has 3 aromatic rings. The number of benzene rings is 1. The normalized spacial score (nSPS) is 15.9. The van der Waals surface area contributed by atoms with E-state index in [9.17, 15) is 4.79 Å². The smallest absolute Gasteiger partial charge is 0.225 e. The molecule has 0 atom stereocenters. The molecule has 1 saturated heterocycles. The highest BCUT2D eigenvalue weighted by Gasteiger charge is 2.27. The number of hydrogen-bond donors (Lipinski definition) is 0. The van der Waals surface area contributed by atoms with Crippen molar-refractivity contribution in [3.05, 3.63) is 66.4 Å². The van der Waals surface area contributed by atoms with Crippen LogP contribution in [0.5, 0.6) is 0 Å². The number of likely N-dealkylation sites (tertiary alicyclic amines) is 1. The Morgan fingerprint density at radius 2 is 2.07 bits per heavy atom. The van der Waals surface area contributed by atoms with E-state index in [2.05, 4.69) is 22.0 Å². The maximum absolute atomic E-state index is 12.9. The molecule has 0 aliphatic carbocycles. The predicted octanol–water partition coefficient (Wildman–Crippen LogP) is 3.70. The highest BCUT2D eigenvalue weighted by molar-refractivity contribution is 5.85. The van der Waals surface area contributed by atoms with Crippen molar-refractivity contribution >= 4 is 16.7 Å². The molecule has 0 bridgehead atoms. The minimum atomic E-state index is 0.111. The van der Waals surface area contributed by atoms with Crippen molar-refractivity contribution in [2.75, 3.05) is 20.1 Å². The summed E-state index contributed by atoms with van der Waals surface area (Å²) in [5.74, 6) is 1.35. The largest absolute Gasteiger partial charge is 0.468 e. The molecular weight excluding hydrogens is 338 g/mol. The van der Waals surface area contributed by atoms with Crippen molar-refractivity contribution in [1.82, 2.24) is 14.8 Å². The Kier molecular flexibility index (Phi) is 5.21. The molecular formula is C22H25N3O2. The van der Waals surface area contributed by atoms with Gasteiger partial charge in [0.1, 0.15) is 5.76 Å². The van der Waals surface area contributed by atoms with E-state index in [1.54, 1.807) is 6.26 Å². The van der Waals surface area contributed by atoms with E-state index in [1.807, 2.05) is 48.6 Å². The highest BCUT2D eigenvalue weighted by atomic mass is 16.3. The van der Waals surface area contributed by atoms with E-state index in [1.165, 1.54) is 10.9 Å². The van der Waals surface area contributed by atoms with Gasteiger partial charge in [0.2, 0.25) is 5.91 Å². The Bertz CT molecular complexity index is 894. The molecule has 4 rings (SSSR count). The van der Waals surface area contributed by atoms with Gasteiger partial charge in [-0.1, -0.05) is 18.2 Å². The fraction of sp³-hybridized carbons (Fsp3) is 0.364. The van der Waals surface area contributed by atoms with Gasteiger partial charge in [0, 0.05) is 37.3 Å². The van der Waals surface area contributed by atoms with Crippen LogP contribution in [0.25, 0.3) is 10.8 Å². The van der Waals surface area contributed by atoms with E-state index in [0.717, 1.165) is 43.6 Å². The molecule has 5 heteroatoms. The predicted molar refractivity (Wildman–Crippen MR) is 105 cm³/mol. The van der Waals surface area contributed by atoms with E-state index in [0.29, 0.717) is 6.54 Å². The number of furan rings is 1. The topological polar surface area (TPSA) is 49.6 Å². The number of hydrogen-bond acceptors (Lipinski definition) is 4. The van der Waals surface area contributed by atoms with Gasteiger partial charge in [0.15, 0.2) is 0 Å². The molecule has 2 aromatic heterocycles. The first-order chi connectivity index (χ1) is 13.2. The number of rotatable bonds is 5. The van der Waals surface area contributed by atoms with Crippen molar-refractivity contribution in [2.45, 2.75) is 25.9 Å². The molecule has 1 aliphatic heterocycles. The Balaban J connectivity index is 1.35. The van der Waals surface area contributed by atoms with Gasteiger partial charge in [-0.05, 0) is 55.1 Å². The van der Waals surface area contributed by atoms with Crippen molar-refractivity contribution in [2.24, 2.45) is 5.92 Å². The lowest BCUT2D eigenvalue weighted by Gasteiger charge is -2.32. The van der Waals surface area contributed by atoms with Crippen LogP contribution in [0.4, 0.5) is 0 Å². The third-order valence-electron chi connectivity index (χ3n) is 5.45. The van der Waals surface area contributed by atoms with Crippen LogP contribution in [0.1, 0.15) is 24.2 Å².